The molecule has 0 saturated heterocycles. The van der Waals surface area contributed by atoms with Crippen molar-refractivity contribution in [2.75, 3.05) is 20.6 Å². The fourth-order valence-corrected chi connectivity index (χ4v) is 1.56. The van der Waals surface area contributed by atoms with E-state index < -0.39 is 29.6 Å². The first-order valence-electron chi connectivity index (χ1n) is 6.10. The first kappa shape index (κ1) is 20.0. The Labute approximate surface area is 133 Å². The third-order valence-electron chi connectivity index (χ3n) is 2.53. The number of amides is 1. The Morgan fingerprint density at radius 1 is 1.32 bits per heavy atom. The van der Waals surface area contributed by atoms with E-state index in [2.05, 4.69) is 5.32 Å². The minimum absolute atomic E-state index is 0. The molecule has 2 N–H and O–H groups in total. The van der Waals surface area contributed by atoms with E-state index in [0.29, 0.717) is 5.56 Å². The number of hydrogen-bond donors (Lipinski definition) is 2. The highest BCUT2D eigenvalue weighted by atomic mass is 35.5. The van der Waals surface area contributed by atoms with Gasteiger partial charge in [-0.25, -0.2) is 13.6 Å². The maximum absolute atomic E-state index is 13.0. The van der Waals surface area contributed by atoms with Crippen LogP contribution in [0.4, 0.5) is 8.78 Å². The molecule has 0 heterocycles. The van der Waals surface area contributed by atoms with E-state index >= 15 is 0 Å². The van der Waals surface area contributed by atoms with Gasteiger partial charge in [0.15, 0.2) is 11.6 Å². The number of nitrogens with zero attached hydrogens (tertiary/aromatic N) is 1. The van der Waals surface area contributed by atoms with Crippen molar-refractivity contribution < 1.29 is 23.5 Å². The highest BCUT2D eigenvalue weighted by Crippen LogP contribution is 2.09. The van der Waals surface area contributed by atoms with Crippen LogP contribution in [0.5, 0.6) is 0 Å². The van der Waals surface area contributed by atoms with Gasteiger partial charge in [0.05, 0.1) is 0 Å². The number of likely N-dealkylation sites (N-methyl/N-ethyl adjacent to an activating group) is 1. The van der Waals surface area contributed by atoms with E-state index in [0.717, 1.165) is 18.2 Å². The molecule has 1 rings (SSSR count). The van der Waals surface area contributed by atoms with Gasteiger partial charge in [-0.1, -0.05) is 6.07 Å². The molecule has 0 fully saturated rings. The smallest absolute Gasteiger partial charge is 0.327 e. The maximum atomic E-state index is 13.0. The van der Waals surface area contributed by atoms with Gasteiger partial charge in [-0.3, -0.25) is 4.79 Å². The van der Waals surface area contributed by atoms with Gasteiger partial charge in [0, 0.05) is 12.6 Å². The fraction of sp³-hybridized carbons (Fsp3) is 0.286. The van der Waals surface area contributed by atoms with Gasteiger partial charge >= 0.3 is 5.97 Å². The second kappa shape index (κ2) is 9.11. The molecule has 0 aliphatic rings. The third kappa shape index (κ3) is 6.64. The van der Waals surface area contributed by atoms with Crippen molar-refractivity contribution in [3.05, 3.63) is 41.5 Å². The van der Waals surface area contributed by atoms with E-state index in [1.165, 1.54) is 12.1 Å². The zero-order valence-corrected chi connectivity index (χ0v) is 12.9. The molecule has 1 aromatic rings. The zero-order valence-electron chi connectivity index (χ0n) is 12.0. The summed E-state index contributed by atoms with van der Waals surface area (Å²) >= 11 is 0. The molecule has 1 unspecified atom stereocenters. The molecule has 1 atom stereocenters. The quantitative estimate of drug-likeness (QED) is 0.774. The summed E-state index contributed by atoms with van der Waals surface area (Å²) in [5.74, 6) is -3.78. The fourth-order valence-electron chi connectivity index (χ4n) is 1.56. The van der Waals surface area contributed by atoms with Gasteiger partial charge < -0.3 is 15.3 Å². The van der Waals surface area contributed by atoms with Crippen LogP contribution in [0.3, 0.4) is 0 Å². The number of rotatable bonds is 6. The van der Waals surface area contributed by atoms with Crippen LogP contribution in [0, 0.1) is 11.6 Å². The summed E-state index contributed by atoms with van der Waals surface area (Å²) < 4.78 is 25.7. The normalized spacial score (nSPS) is 12.0. The Morgan fingerprint density at radius 3 is 2.45 bits per heavy atom. The zero-order chi connectivity index (χ0) is 16.0. The van der Waals surface area contributed by atoms with Crippen molar-refractivity contribution in [2.45, 2.75) is 6.04 Å². The van der Waals surface area contributed by atoms with Gasteiger partial charge in [0.2, 0.25) is 5.91 Å². The van der Waals surface area contributed by atoms with Crippen LogP contribution in [0.25, 0.3) is 6.08 Å². The first-order valence-corrected chi connectivity index (χ1v) is 6.10. The molecule has 0 saturated carbocycles. The summed E-state index contributed by atoms with van der Waals surface area (Å²) in [6.07, 6.45) is 2.34. The topological polar surface area (TPSA) is 69.6 Å². The summed E-state index contributed by atoms with van der Waals surface area (Å²) in [5.41, 5.74) is 0.295. The minimum atomic E-state index is -1.15. The van der Waals surface area contributed by atoms with Gasteiger partial charge in [0.25, 0.3) is 0 Å². The molecule has 5 nitrogen and oxygen atoms in total. The summed E-state index contributed by atoms with van der Waals surface area (Å²) in [5, 5.41) is 11.3. The van der Waals surface area contributed by atoms with Crippen molar-refractivity contribution in [2.24, 2.45) is 0 Å². The Kier molecular flexibility index (Phi) is 8.29. The van der Waals surface area contributed by atoms with Gasteiger partial charge in [-0.2, -0.15) is 0 Å². The molecule has 122 valence electrons. The molecule has 22 heavy (non-hydrogen) atoms. The highest BCUT2D eigenvalue weighted by molar-refractivity contribution is 5.94. The number of aliphatic carboxylic acids is 1. The maximum Gasteiger partial charge on any atom is 0.327 e. The molecular formula is C14H17ClF2N2O3. The number of hydrogen-bond acceptors (Lipinski definition) is 3. The lowest BCUT2D eigenvalue weighted by molar-refractivity contribution is -0.141. The lowest BCUT2D eigenvalue weighted by Crippen LogP contribution is -2.46. The predicted molar refractivity (Wildman–Crippen MR) is 80.8 cm³/mol. The van der Waals surface area contributed by atoms with Crippen LogP contribution in [0.2, 0.25) is 0 Å². The standard InChI is InChI=1S/C14H16F2N2O3.ClH/c1-18(2)8-12(14(20)21)17-13(19)6-4-9-3-5-10(15)11(16)7-9;/h3-7,12H,8H2,1-2H3,(H,17,19)(H,20,21);1H/b6-4+;. The molecule has 0 bridgehead atoms. The van der Waals surface area contributed by atoms with Crippen molar-refractivity contribution >= 4 is 30.4 Å². The second-order valence-corrected chi connectivity index (χ2v) is 4.67. The van der Waals surface area contributed by atoms with Crippen LogP contribution >= 0.6 is 12.4 Å². The summed E-state index contributed by atoms with van der Waals surface area (Å²) in [6, 6.07) is 2.13. The van der Waals surface area contributed by atoms with Crippen LogP contribution in [0.15, 0.2) is 24.3 Å². The van der Waals surface area contributed by atoms with E-state index in [1.807, 2.05) is 0 Å². The number of halogens is 3. The van der Waals surface area contributed by atoms with Crippen LogP contribution in [-0.4, -0.2) is 48.6 Å². The number of benzene rings is 1. The summed E-state index contributed by atoms with van der Waals surface area (Å²) in [7, 11) is 3.36. The predicted octanol–water partition coefficient (Wildman–Crippen LogP) is 1.53. The van der Waals surface area contributed by atoms with Gasteiger partial charge in [0.1, 0.15) is 6.04 Å². The number of carboxylic acids is 1. The molecule has 0 aliphatic carbocycles. The lowest BCUT2D eigenvalue weighted by atomic mass is 10.2. The van der Waals surface area contributed by atoms with Crippen LogP contribution in [0.1, 0.15) is 5.56 Å². The average molecular weight is 335 g/mol. The van der Waals surface area contributed by atoms with Gasteiger partial charge in [-0.15, -0.1) is 12.4 Å². The van der Waals surface area contributed by atoms with E-state index in [1.54, 1.807) is 19.0 Å². The highest BCUT2D eigenvalue weighted by Gasteiger charge is 2.19. The monoisotopic (exact) mass is 334 g/mol. The van der Waals surface area contributed by atoms with Gasteiger partial charge in [-0.05, 0) is 37.9 Å². The Hall–Kier alpha value is -1.99. The first-order chi connectivity index (χ1) is 9.79. The molecule has 1 amide bonds. The molecule has 0 aliphatic heterocycles. The molecule has 0 spiro atoms. The molecule has 1 aromatic carbocycles. The van der Waals surface area contributed by atoms with Crippen molar-refractivity contribution in [1.82, 2.24) is 10.2 Å². The van der Waals surface area contributed by atoms with Crippen molar-refractivity contribution in [1.29, 1.82) is 0 Å². The third-order valence-corrected chi connectivity index (χ3v) is 2.53. The number of carboxylic acid groups (broad SMARTS) is 1. The van der Waals surface area contributed by atoms with Crippen molar-refractivity contribution in [3.8, 4) is 0 Å². The number of nitrogens with one attached hydrogen (secondary N) is 1. The van der Waals surface area contributed by atoms with Crippen molar-refractivity contribution in [3.63, 3.8) is 0 Å². The molecule has 0 radical (unpaired) electrons. The number of carbonyl (C=O) groups excluding carboxylic acids is 1. The summed E-state index contributed by atoms with van der Waals surface area (Å²) in [6.45, 7) is 0.139. The van der Waals surface area contributed by atoms with E-state index in [-0.39, 0.29) is 19.0 Å². The Bertz CT molecular complexity index is 565. The molecular weight excluding hydrogens is 318 g/mol. The van der Waals surface area contributed by atoms with Crippen LogP contribution in [-0.2, 0) is 9.59 Å². The number of carbonyl (C=O) groups is 2. The summed E-state index contributed by atoms with van der Waals surface area (Å²) in [4.78, 5) is 24.2. The lowest BCUT2D eigenvalue weighted by Gasteiger charge is -2.17. The SMILES string of the molecule is CN(C)CC(NC(=O)/C=C/c1ccc(F)c(F)c1)C(=O)O.Cl. The Balaban J connectivity index is 0.00000441. The second-order valence-electron chi connectivity index (χ2n) is 4.67. The van der Waals surface area contributed by atoms with E-state index in [9.17, 15) is 18.4 Å². The van der Waals surface area contributed by atoms with E-state index in [4.69, 9.17) is 5.11 Å². The largest absolute Gasteiger partial charge is 0.480 e. The van der Waals surface area contributed by atoms with Crippen LogP contribution < -0.4 is 5.32 Å². The minimum Gasteiger partial charge on any atom is -0.480 e. The molecule has 8 heteroatoms. The average Bonchev–Trinajstić information content (AvgIpc) is 2.38. The Morgan fingerprint density at radius 2 is 1.95 bits per heavy atom. The molecule has 0 aromatic heterocycles.